The van der Waals surface area contributed by atoms with E-state index in [1.165, 1.54) is 35.2 Å². The molecule has 0 aliphatic heterocycles. The van der Waals surface area contributed by atoms with Gasteiger partial charge in [0.05, 0.1) is 4.88 Å². The molecule has 1 N–H and O–H groups in total. The minimum atomic E-state index is -0.570. The van der Waals surface area contributed by atoms with Gasteiger partial charge in [-0.2, -0.15) is 0 Å². The number of hydrogen-bond donors (Lipinski definition) is 1. The van der Waals surface area contributed by atoms with Gasteiger partial charge in [0.15, 0.2) is 0 Å². The summed E-state index contributed by atoms with van der Waals surface area (Å²) in [5.74, 6) is 4.89. The standard InChI is InChI=1S/C14H10F2OS2/c15-10-3-6-14(13(16)8-10)18-9-12-5-4-11(19-12)2-1-7-17/h3-6,8,17H,7,9H2. The van der Waals surface area contributed by atoms with Gasteiger partial charge >= 0.3 is 0 Å². The van der Waals surface area contributed by atoms with Crippen molar-refractivity contribution in [1.82, 2.24) is 0 Å². The van der Waals surface area contributed by atoms with E-state index in [1.807, 2.05) is 12.1 Å². The summed E-state index contributed by atoms with van der Waals surface area (Å²) >= 11 is 2.82. The van der Waals surface area contributed by atoms with Crippen LogP contribution in [0.2, 0.25) is 0 Å². The highest BCUT2D eigenvalue weighted by Crippen LogP contribution is 2.28. The molecule has 0 unspecified atom stereocenters. The summed E-state index contributed by atoms with van der Waals surface area (Å²) in [5, 5.41) is 8.59. The van der Waals surface area contributed by atoms with Crippen molar-refractivity contribution in [3.8, 4) is 11.8 Å². The van der Waals surface area contributed by atoms with Gasteiger partial charge in [0.2, 0.25) is 0 Å². The smallest absolute Gasteiger partial charge is 0.139 e. The Hall–Kier alpha value is -1.35. The predicted octanol–water partition coefficient (Wildman–Crippen LogP) is 3.66. The van der Waals surface area contributed by atoms with Gasteiger partial charge in [-0.25, -0.2) is 8.78 Å². The van der Waals surface area contributed by atoms with Crippen LogP contribution in [0.4, 0.5) is 8.78 Å². The maximum Gasteiger partial charge on any atom is 0.139 e. The van der Waals surface area contributed by atoms with Crippen LogP contribution in [0, 0.1) is 23.5 Å². The van der Waals surface area contributed by atoms with Crippen molar-refractivity contribution >= 4 is 23.1 Å². The van der Waals surface area contributed by atoms with Gasteiger partial charge in [-0.3, -0.25) is 0 Å². The van der Waals surface area contributed by atoms with Gasteiger partial charge in [-0.1, -0.05) is 11.8 Å². The molecule has 1 aromatic heterocycles. The first kappa shape index (κ1) is 14.1. The van der Waals surface area contributed by atoms with Gasteiger partial charge in [0.25, 0.3) is 0 Å². The second kappa shape index (κ2) is 6.71. The number of aliphatic hydroxyl groups excluding tert-OH is 1. The minimum Gasteiger partial charge on any atom is -0.384 e. The quantitative estimate of drug-likeness (QED) is 0.689. The van der Waals surface area contributed by atoms with Crippen molar-refractivity contribution in [3.05, 3.63) is 51.7 Å². The van der Waals surface area contributed by atoms with E-state index in [4.69, 9.17) is 5.11 Å². The van der Waals surface area contributed by atoms with Crippen LogP contribution in [-0.2, 0) is 5.75 Å². The molecule has 5 heteroatoms. The SMILES string of the molecule is OCC#Cc1ccc(CSc2ccc(F)cc2F)s1. The van der Waals surface area contributed by atoms with Crippen LogP contribution in [0.5, 0.6) is 0 Å². The van der Waals surface area contributed by atoms with E-state index in [0.29, 0.717) is 10.6 Å². The summed E-state index contributed by atoms with van der Waals surface area (Å²) in [6.07, 6.45) is 0. The van der Waals surface area contributed by atoms with Crippen molar-refractivity contribution in [2.75, 3.05) is 6.61 Å². The summed E-state index contributed by atoms with van der Waals surface area (Å²) in [6.45, 7) is -0.164. The number of hydrogen-bond acceptors (Lipinski definition) is 3. The maximum absolute atomic E-state index is 13.4. The van der Waals surface area contributed by atoms with E-state index < -0.39 is 11.6 Å². The first-order valence-electron chi connectivity index (χ1n) is 5.45. The van der Waals surface area contributed by atoms with Gasteiger partial charge < -0.3 is 5.11 Å². The summed E-state index contributed by atoms with van der Waals surface area (Å²) in [5.41, 5.74) is 0. The second-order valence-corrected chi connectivity index (χ2v) is 5.77. The molecule has 98 valence electrons. The fraction of sp³-hybridized carbons (Fsp3) is 0.143. The molecule has 0 fully saturated rings. The summed E-state index contributed by atoms with van der Waals surface area (Å²) in [7, 11) is 0. The number of thiophene rings is 1. The van der Waals surface area contributed by atoms with Crippen LogP contribution in [0.1, 0.15) is 9.75 Å². The molecule has 2 rings (SSSR count). The lowest BCUT2D eigenvalue weighted by molar-refractivity contribution is 0.350. The molecule has 0 amide bonds. The Morgan fingerprint density at radius 1 is 1.21 bits per heavy atom. The Kier molecular flexibility index (Phi) is 4.97. The van der Waals surface area contributed by atoms with Crippen molar-refractivity contribution < 1.29 is 13.9 Å². The molecule has 0 saturated carbocycles. The minimum absolute atomic E-state index is 0.164. The average molecular weight is 296 g/mol. The van der Waals surface area contributed by atoms with Crippen LogP contribution in [0.25, 0.3) is 0 Å². The lowest BCUT2D eigenvalue weighted by Crippen LogP contribution is -1.84. The van der Waals surface area contributed by atoms with Gasteiger partial charge in [0.1, 0.15) is 18.2 Å². The molecule has 0 bridgehead atoms. The predicted molar refractivity (Wildman–Crippen MR) is 74.2 cm³/mol. The molecule has 0 radical (unpaired) electrons. The normalized spacial score (nSPS) is 10.1. The van der Waals surface area contributed by atoms with Gasteiger partial charge in [-0.05, 0) is 24.3 Å². The van der Waals surface area contributed by atoms with E-state index in [2.05, 4.69) is 11.8 Å². The molecule has 0 aliphatic rings. The van der Waals surface area contributed by atoms with Crippen molar-refractivity contribution in [2.24, 2.45) is 0 Å². The Morgan fingerprint density at radius 3 is 2.79 bits per heavy atom. The lowest BCUT2D eigenvalue weighted by Gasteiger charge is -2.01. The topological polar surface area (TPSA) is 20.2 Å². The van der Waals surface area contributed by atoms with Crippen molar-refractivity contribution in [3.63, 3.8) is 0 Å². The summed E-state index contributed by atoms with van der Waals surface area (Å²) in [4.78, 5) is 2.35. The third-order valence-corrected chi connectivity index (χ3v) is 4.50. The molecule has 0 aliphatic carbocycles. The number of rotatable bonds is 3. The number of aliphatic hydroxyl groups is 1. The number of benzene rings is 1. The van der Waals surface area contributed by atoms with E-state index in [9.17, 15) is 8.78 Å². The monoisotopic (exact) mass is 296 g/mol. The van der Waals surface area contributed by atoms with E-state index >= 15 is 0 Å². The highest BCUT2D eigenvalue weighted by molar-refractivity contribution is 7.98. The fourth-order valence-electron chi connectivity index (χ4n) is 1.39. The van der Waals surface area contributed by atoms with E-state index in [-0.39, 0.29) is 6.61 Å². The molecule has 1 heterocycles. The van der Waals surface area contributed by atoms with Crippen molar-refractivity contribution in [2.45, 2.75) is 10.6 Å². The Bertz CT molecular complexity index is 626. The van der Waals surface area contributed by atoms with E-state index in [1.54, 1.807) is 0 Å². The van der Waals surface area contributed by atoms with E-state index in [0.717, 1.165) is 15.8 Å². The van der Waals surface area contributed by atoms with Crippen LogP contribution >= 0.6 is 23.1 Å². The first-order valence-corrected chi connectivity index (χ1v) is 7.25. The van der Waals surface area contributed by atoms with Crippen LogP contribution in [-0.4, -0.2) is 11.7 Å². The van der Waals surface area contributed by atoms with Crippen LogP contribution < -0.4 is 0 Å². The Balaban J connectivity index is 2.00. The first-order chi connectivity index (χ1) is 9.19. The highest BCUT2D eigenvalue weighted by Gasteiger charge is 2.06. The molecule has 1 aromatic carbocycles. The zero-order valence-electron chi connectivity index (χ0n) is 9.82. The van der Waals surface area contributed by atoms with Gasteiger partial charge in [-0.15, -0.1) is 23.1 Å². The average Bonchev–Trinajstić information content (AvgIpc) is 2.83. The van der Waals surface area contributed by atoms with Crippen LogP contribution in [0.3, 0.4) is 0 Å². The third-order valence-electron chi connectivity index (χ3n) is 2.22. The Labute approximate surface area is 118 Å². The number of halogens is 2. The maximum atomic E-state index is 13.4. The zero-order chi connectivity index (χ0) is 13.7. The molecule has 0 atom stereocenters. The largest absolute Gasteiger partial charge is 0.384 e. The third kappa shape index (κ3) is 4.06. The molecule has 1 nitrogen and oxygen atoms in total. The highest BCUT2D eigenvalue weighted by atomic mass is 32.2. The number of thioether (sulfide) groups is 1. The van der Waals surface area contributed by atoms with Crippen LogP contribution in [0.15, 0.2) is 35.2 Å². The van der Waals surface area contributed by atoms with Crippen molar-refractivity contribution in [1.29, 1.82) is 0 Å². The molecule has 2 aromatic rings. The Morgan fingerprint density at radius 2 is 2.05 bits per heavy atom. The van der Waals surface area contributed by atoms with Gasteiger partial charge in [0, 0.05) is 21.6 Å². The fourth-order valence-corrected chi connectivity index (χ4v) is 3.24. The molecule has 0 spiro atoms. The molecule has 19 heavy (non-hydrogen) atoms. The summed E-state index contributed by atoms with van der Waals surface area (Å²) in [6, 6.07) is 7.35. The summed E-state index contributed by atoms with van der Waals surface area (Å²) < 4.78 is 26.2. The lowest BCUT2D eigenvalue weighted by atomic mass is 10.3. The second-order valence-electron chi connectivity index (χ2n) is 3.59. The zero-order valence-corrected chi connectivity index (χ0v) is 11.5. The molecule has 0 saturated heterocycles. The molecular weight excluding hydrogens is 286 g/mol. The molecular formula is C14H10F2OS2.